The zero-order chi connectivity index (χ0) is 33.2. The van der Waals surface area contributed by atoms with Crippen LogP contribution in [0.4, 0.5) is 27.8 Å². The summed E-state index contributed by atoms with van der Waals surface area (Å²) in [5, 5.41) is 1.17. The van der Waals surface area contributed by atoms with Crippen molar-refractivity contribution in [1.29, 1.82) is 0 Å². The quantitative estimate of drug-likeness (QED) is 0.159. The van der Waals surface area contributed by atoms with Crippen molar-refractivity contribution in [2.24, 2.45) is 17.8 Å². The number of anilines is 1. The number of ether oxygens (including phenoxy) is 2. The van der Waals surface area contributed by atoms with Crippen LogP contribution >= 0.6 is 0 Å². The highest BCUT2D eigenvalue weighted by molar-refractivity contribution is 5.99. The number of hydrogen-bond donors (Lipinski definition) is 0. The molecule has 2 aromatic carbocycles. The number of carbonyl (C=O) groups excluding carboxylic acids is 1. The molecule has 1 aliphatic carbocycles. The van der Waals surface area contributed by atoms with Crippen LogP contribution in [0, 0.1) is 29.4 Å². The van der Waals surface area contributed by atoms with Crippen LogP contribution in [0.3, 0.4) is 0 Å². The fourth-order valence-corrected chi connectivity index (χ4v) is 8.70. The van der Waals surface area contributed by atoms with Crippen LogP contribution in [0.15, 0.2) is 42.6 Å². The summed E-state index contributed by atoms with van der Waals surface area (Å²) >= 11 is 0. The van der Waals surface area contributed by atoms with Crippen molar-refractivity contribution in [1.82, 2.24) is 19.9 Å². The number of hydrogen-bond acceptors (Lipinski definition) is 8. The molecule has 0 amide bonds. The number of piperidine rings is 1. The van der Waals surface area contributed by atoms with E-state index in [-0.39, 0.29) is 45.5 Å². The lowest BCUT2D eigenvalue weighted by Gasteiger charge is -2.38. The summed E-state index contributed by atoms with van der Waals surface area (Å²) in [5.41, 5.74) is 0.0843. The van der Waals surface area contributed by atoms with Crippen molar-refractivity contribution in [3.63, 3.8) is 0 Å². The second-order valence-corrected chi connectivity index (χ2v) is 13.6. The Labute approximate surface area is 273 Å². The minimum atomic E-state index is -4.60. The molecule has 0 spiro atoms. The lowest BCUT2D eigenvalue weighted by molar-refractivity contribution is -0.191. The Kier molecular flexibility index (Phi) is 7.65. The molecule has 2 aromatic heterocycles. The predicted octanol–water partition coefficient (Wildman–Crippen LogP) is 6.70. The Hall–Kier alpha value is -4.13. The van der Waals surface area contributed by atoms with Crippen molar-refractivity contribution in [3.8, 4) is 17.3 Å². The second kappa shape index (κ2) is 11.8. The number of nitrogens with zero attached hydrogens (tertiary/aromatic N) is 5. The number of esters is 1. The summed E-state index contributed by atoms with van der Waals surface area (Å²) in [6.07, 6.45) is 2.28. The highest BCUT2D eigenvalue weighted by Crippen LogP contribution is 2.46. The van der Waals surface area contributed by atoms with Gasteiger partial charge >= 0.3 is 18.2 Å². The van der Waals surface area contributed by atoms with E-state index in [0.29, 0.717) is 49.1 Å². The lowest BCUT2D eigenvalue weighted by atomic mass is 9.85. The molecule has 4 aliphatic rings. The average Bonchev–Trinajstić information content (AvgIpc) is 3.73. The molecule has 3 saturated heterocycles. The van der Waals surface area contributed by atoms with Crippen LogP contribution in [0.25, 0.3) is 32.9 Å². The highest BCUT2D eigenvalue weighted by atomic mass is 19.4. The van der Waals surface area contributed by atoms with Crippen LogP contribution in [0.1, 0.15) is 38.5 Å². The molecule has 8 rings (SSSR count). The number of fused-ring (bicyclic) bond motifs is 5. The van der Waals surface area contributed by atoms with Gasteiger partial charge in [0.25, 0.3) is 0 Å². The molecule has 48 heavy (non-hydrogen) atoms. The van der Waals surface area contributed by atoms with E-state index in [1.165, 1.54) is 12.3 Å². The van der Waals surface area contributed by atoms with Crippen LogP contribution in [0.2, 0.25) is 0 Å². The molecule has 8 nitrogen and oxygen atoms in total. The molecule has 2 bridgehead atoms. The molecule has 252 valence electrons. The number of aromatic nitrogens is 3. The molecular weight excluding hydrogens is 633 g/mol. The molecule has 1 unspecified atom stereocenters. The zero-order valence-corrected chi connectivity index (χ0v) is 26.1. The van der Waals surface area contributed by atoms with Crippen LogP contribution in [-0.2, 0) is 9.53 Å². The summed E-state index contributed by atoms with van der Waals surface area (Å²) in [6.45, 7) is 1.36. The topological polar surface area (TPSA) is 80.7 Å². The van der Waals surface area contributed by atoms with E-state index in [9.17, 15) is 18.0 Å². The second-order valence-electron chi connectivity index (χ2n) is 13.6. The maximum atomic E-state index is 16.7. The minimum Gasteiger partial charge on any atom is -0.461 e. The SMILES string of the molecule is O=C(OCC(F)(F)F)C1[C@@H]2CC[C@H]1CN(c1nc(OCC34CCCN3CCC4)nc3c(F)c(-c4cccc5cccc(F)c45)ncc13)C2. The number of carbonyl (C=O) groups is 1. The standard InChI is InChI=1S/C35H34F5N5O3/c36-25-8-2-6-20-5-1-7-23(27(20)25)29-28(37)30-24(15-41-29)31(43-33(42-30)48-18-34-11-3-13-45(34)14-4-12-34)44-16-21-9-10-22(17-44)26(21)32(46)47-19-35(38,39)40/h1-2,5-8,15,21-22,26H,3-4,9-14,16-19H2/t21-,22+,26?. The molecule has 4 fully saturated rings. The van der Waals surface area contributed by atoms with E-state index < -0.39 is 36.3 Å². The first-order chi connectivity index (χ1) is 23.1. The van der Waals surface area contributed by atoms with Gasteiger partial charge in [-0.1, -0.05) is 30.3 Å². The molecule has 3 atom stereocenters. The summed E-state index contributed by atoms with van der Waals surface area (Å²) in [7, 11) is 0. The first-order valence-corrected chi connectivity index (χ1v) is 16.5. The fourth-order valence-electron chi connectivity index (χ4n) is 8.70. The molecule has 4 aromatic rings. The molecule has 1 saturated carbocycles. The van der Waals surface area contributed by atoms with Gasteiger partial charge in [0.15, 0.2) is 12.4 Å². The summed E-state index contributed by atoms with van der Waals surface area (Å²) in [4.78, 5) is 31.0. The maximum absolute atomic E-state index is 16.7. The lowest BCUT2D eigenvalue weighted by Crippen LogP contribution is -2.46. The number of alkyl halides is 3. The molecule has 13 heteroatoms. The first-order valence-electron chi connectivity index (χ1n) is 16.5. The maximum Gasteiger partial charge on any atom is 0.422 e. The molecule has 0 radical (unpaired) electrons. The van der Waals surface area contributed by atoms with Crippen molar-refractivity contribution < 1.29 is 36.2 Å². The van der Waals surface area contributed by atoms with Crippen LogP contribution < -0.4 is 9.64 Å². The Morgan fingerprint density at radius 1 is 0.979 bits per heavy atom. The van der Waals surface area contributed by atoms with Gasteiger partial charge in [-0.3, -0.25) is 14.7 Å². The van der Waals surface area contributed by atoms with Gasteiger partial charge in [-0.2, -0.15) is 23.1 Å². The van der Waals surface area contributed by atoms with E-state index >= 15 is 8.78 Å². The molecular formula is C35H34F5N5O3. The summed E-state index contributed by atoms with van der Waals surface area (Å²) in [6, 6.07) is 9.76. The van der Waals surface area contributed by atoms with Gasteiger partial charge in [-0.25, -0.2) is 8.78 Å². The van der Waals surface area contributed by atoms with Gasteiger partial charge in [0.05, 0.1) is 16.8 Å². The smallest absolute Gasteiger partial charge is 0.422 e. The zero-order valence-electron chi connectivity index (χ0n) is 26.1. The van der Waals surface area contributed by atoms with E-state index in [4.69, 9.17) is 9.72 Å². The van der Waals surface area contributed by atoms with Gasteiger partial charge in [0.2, 0.25) is 0 Å². The minimum absolute atomic E-state index is 0.00447. The van der Waals surface area contributed by atoms with Crippen molar-refractivity contribution >= 4 is 33.5 Å². The van der Waals surface area contributed by atoms with Gasteiger partial charge in [0, 0.05) is 30.2 Å². The van der Waals surface area contributed by atoms with E-state index in [1.54, 1.807) is 30.3 Å². The van der Waals surface area contributed by atoms with Gasteiger partial charge in [-0.05, 0) is 74.9 Å². The van der Waals surface area contributed by atoms with Crippen LogP contribution in [-0.4, -0.2) is 76.9 Å². The molecule has 5 heterocycles. The third-order valence-corrected chi connectivity index (χ3v) is 10.8. The number of pyridine rings is 1. The normalized spacial score (nSPS) is 23.6. The Balaban J connectivity index is 1.18. The van der Waals surface area contributed by atoms with E-state index in [0.717, 1.165) is 38.8 Å². The van der Waals surface area contributed by atoms with Crippen molar-refractivity contribution in [3.05, 3.63) is 54.2 Å². The summed E-state index contributed by atoms with van der Waals surface area (Å²) < 4.78 is 81.1. The average molecular weight is 668 g/mol. The third kappa shape index (κ3) is 5.39. The highest BCUT2D eigenvalue weighted by Gasteiger charge is 2.48. The van der Waals surface area contributed by atoms with Gasteiger partial charge in [-0.15, -0.1) is 0 Å². The van der Waals surface area contributed by atoms with Gasteiger partial charge in [0.1, 0.15) is 29.5 Å². The van der Waals surface area contributed by atoms with E-state index in [1.807, 2.05) is 4.90 Å². The number of benzene rings is 2. The predicted molar refractivity (Wildman–Crippen MR) is 167 cm³/mol. The fraction of sp³-hybridized carbons (Fsp3) is 0.486. The van der Waals surface area contributed by atoms with Crippen molar-refractivity contribution in [2.75, 3.05) is 44.3 Å². The molecule has 0 N–H and O–H groups in total. The first kappa shape index (κ1) is 31.2. The molecule has 3 aliphatic heterocycles. The monoisotopic (exact) mass is 667 g/mol. The largest absolute Gasteiger partial charge is 0.461 e. The van der Waals surface area contributed by atoms with Gasteiger partial charge < -0.3 is 14.4 Å². The Bertz CT molecular complexity index is 1880. The van der Waals surface area contributed by atoms with Crippen molar-refractivity contribution in [2.45, 2.75) is 50.2 Å². The Morgan fingerprint density at radius 2 is 1.69 bits per heavy atom. The van der Waals surface area contributed by atoms with E-state index in [2.05, 4.69) is 19.6 Å². The van der Waals surface area contributed by atoms with Crippen LogP contribution in [0.5, 0.6) is 6.01 Å². The Morgan fingerprint density at radius 3 is 2.40 bits per heavy atom. The number of rotatable bonds is 7. The number of halogens is 5. The summed E-state index contributed by atoms with van der Waals surface area (Å²) in [5.74, 6) is -2.90. The third-order valence-electron chi connectivity index (χ3n) is 10.8.